The van der Waals surface area contributed by atoms with Gasteiger partial charge in [0.25, 0.3) is 5.91 Å². The van der Waals surface area contributed by atoms with Crippen molar-refractivity contribution in [2.24, 2.45) is 5.41 Å². The number of carbonyl (C=O) groups is 1. The quantitative estimate of drug-likeness (QED) is 0.883. The average Bonchev–Trinajstić information content (AvgIpc) is 3.34. The smallest absolute Gasteiger partial charge is 0.257 e. The van der Waals surface area contributed by atoms with E-state index in [4.69, 9.17) is 4.74 Å². The summed E-state index contributed by atoms with van der Waals surface area (Å²) < 4.78 is 5.49. The van der Waals surface area contributed by atoms with Crippen LogP contribution < -0.4 is 5.32 Å². The monoisotopic (exact) mass is 379 g/mol. The maximum Gasteiger partial charge on any atom is 0.257 e. The second-order valence-electron chi connectivity index (χ2n) is 8.16. The normalized spacial score (nSPS) is 23.0. The van der Waals surface area contributed by atoms with E-state index in [1.807, 2.05) is 17.2 Å². The number of hydrogen-bond acceptors (Lipinski definition) is 6. The van der Waals surface area contributed by atoms with Gasteiger partial charge in [0.1, 0.15) is 0 Å². The van der Waals surface area contributed by atoms with Crippen molar-refractivity contribution in [1.29, 1.82) is 0 Å². The second kappa shape index (κ2) is 7.13. The van der Waals surface area contributed by atoms with E-state index in [2.05, 4.69) is 26.3 Å². The molecular weight excluding hydrogens is 354 g/mol. The predicted octanol–water partition coefficient (Wildman–Crippen LogP) is 2.61. The molecule has 3 aliphatic rings. The van der Waals surface area contributed by atoms with Crippen molar-refractivity contribution in [3.05, 3.63) is 47.5 Å². The number of anilines is 1. The first-order valence-corrected chi connectivity index (χ1v) is 10.1. The summed E-state index contributed by atoms with van der Waals surface area (Å²) in [5.74, 6) is 0.589. The van der Waals surface area contributed by atoms with Crippen molar-refractivity contribution in [3.8, 4) is 0 Å². The molecule has 1 unspecified atom stereocenters. The molecule has 4 heterocycles. The Hall–Kier alpha value is -2.54. The Morgan fingerprint density at radius 3 is 2.82 bits per heavy atom. The Labute approximate surface area is 164 Å². The van der Waals surface area contributed by atoms with Crippen molar-refractivity contribution in [1.82, 2.24) is 19.9 Å². The van der Waals surface area contributed by atoms with E-state index in [-0.39, 0.29) is 17.4 Å². The summed E-state index contributed by atoms with van der Waals surface area (Å²) in [6, 6.07) is 4.24. The molecule has 1 amide bonds. The van der Waals surface area contributed by atoms with Crippen molar-refractivity contribution >= 4 is 11.9 Å². The van der Waals surface area contributed by atoms with Gasteiger partial charge in [0.15, 0.2) is 0 Å². The van der Waals surface area contributed by atoms with Gasteiger partial charge in [0, 0.05) is 50.6 Å². The summed E-state index contributed by atoms with van der Waals surface area (Å²) in [5, 5.41) is 3.38. The van der Waals surface area contributed by atoms with E-state index in [9.17, 15) is 4.79 Å². The summed E-state index contributed by atoms with van der Waals surface area (Å²) in [7, 11) is 0. The molecule has 0 aromatic carbocycles. The van der Waals surface area contributed by atoms with Crippen molar-refractivity contribution in [2.75, 3.05) is 31.6 Å². The molecule has 2 fully saturated rings. The molecule has 0 saturated carbocycles. The first-order valence-electron chi connectivity index (χ1n) is 10.1. The molecule has 2 saturated heterocycles. The third-order valence-corrected chi connectivity index (χ3v) is 6.45. The predicted molar refractivity (Wildman–Crippen MR) is 104 cm³/mol. The third kappa shape index (κ3) is 3.24. The molecule has 146 valence electrons. The van der Waals surface area contributed by atoms with Crippen molar-refractivity contribution in [3.63, 3.8) is 0 Å². The second-order valence-corrected chi connectivity index (χ2v) is 8.16. The summed E-state index contributed by atoms with van der Waals surface area (Å²) in [6.45, 7) is 3.25. The summed E-state index contributed by atoms with van der Waals surface area (Å²) in [6.07, 6.45) is 10.2. The molecule has 2 aliphatic heterocycles. The van der Waals surface area contributed by atoms with E-state index in [1.54, 1.807) is 12.4 Å². The number of amides is 1. The van der Waals surface area contributed by atoms with Crippen LogP contribution >= 0.6 is 0 Å². The standard InChI is InChI=1S/C21H25N5O2/c27-19(26-9-5-21(14-26)6-10-28-11-7-21)15-12-23-20(24-13-15)25-18-4-3-17-16(18)2-1-8-22-17/h1-2,8,12-13,18H,3-7,9-11,14H2,(H,23,24,25). The number of likely N-dealkylation sites (tertiary alicyclic amines) is 1. The molecular formula is C21H25N5O2. The van der Waals surface area contributed by atoms with Gasteiger partial charge in [0.05, 0.1) is 11.6 Å². The van der Waals surface area contributed by atoms with Crippen LogP contribution in [0.1, 0.15) is 53.3 Å². The van der Waals surface area contributed by atoms with Crippen LogP contribution in [-0.4, -0.2) is 52.1 Å². The number of aryl methyl sites for hydroxylation is 1. The largest absolute Gasteiger partial charge is 0.381 e. The van der Waals surface area contributed by atoms with Crippen LogP contribution in [0.15, 0.2) is 30.7 Å². The van der Waals surface area contributed by atoms with E-state index in [1.165, 1.54) is 5.56 Å². The number of aromatic nitrogens is 3. The Bertz CT molecular complexity index is 863. The zero-order chi connectivity index (χ0) is 19.0. The molecule has 2 aromatic rings. The average molecular weight is 379 g/mol. The lowest BCUT2D eigenvalue weighted by molar-refractivity contribution is 0.0191. The Kier molecular flexibility index (Phi) is 4.47. The van der Waals surface area contributed by atoms with Crippen LogP contribution in [-0.2, 0) is 11.2 Å². The van der Waals surface area contributed by atoms with Crippen LogP contribution in [0, 0.1) is 5.41 Å². The number of hydrogen-bond donors (Lipinski definition) is 1. The number of nitrogens with zero attached hydrogens (tertiary/aromatic N) is 4. The Balaban J connectivity index is 1.24. The highest BCUT2D eigenvalue weighted by Gasteiger charge is 2.41. The SMILES string of the molecule is O=C(c1cnc(NC2CCc3ncccc32)nc1)N1CCC2(CCOCC2)C1. The molecule has 1 N–H and O–H groups in total. The summed E-state index contributed by atoms with van der Waals surface area (Å²) >= 11 is 0. The maximum absolute atomic E-state index is 12.9. The fourth-order valence-corrected chi connectivity index (χ4v) is 4.74. The van der Waals surface area contributed by atoms with Gasteiger partial charge in [-0.25, -0.2) is 9.97 Å². The van der Waals surface area contributed by atoms with Gasteiger partial charge >= 0.3 is 0 Å². The number of ether oxygens (including phenoxy) is 1. The van der Waals surface area contributed by atoms with Gasteiger partial charge in [-0.15, -0.1) is 0 Å². The maximum atomic E-state index is 12.9. The highest BCUT2D eigenvalue weighted by Crippen LogP contribution is 2.40. The first kappa shape index (κ1) is 17.6. The topological polar surface area (TPSA) is 80.2 Å². The molecule has 1 spiro atoms. The molecule has 5 rings (SSSR count). The van der Waals surface area contributed by atoms with Crippen LogP contribution in [0.2, 0.25) is 0 Å². The molecule has 28 heavy (non-hydrogen) atoms. The number of nitrogens with one attached hydrogen (secondary N) is 1. The van der Waals surface area contributed by atoms with Crippen molar-refractivity contribution in [2.45, 2.75) is 38.1 Å². The minimum Gasteiger partial charge on any atom is -0.381 e. The van der Waals surface area contributed by atoms with Gasteiger partial charge in [0.2, 0.25) is 5.95 Å². The number of rotatable bonds is 3. The number of carbonyl (C=O) groups excluding carboxylic acids is 1. The lowest BCUT2D eigenvalue weighted by atomic mass is 9.80. The molecule has 2 aromatic heterocycles. The van der Waals surface area contributed by atoms with Gasteiger partial charge in [-0.3, -0.25) is 9.78 Å². The third-order valence-electron chi connectivity index (χ3n) is 6.45. The van der Waals surface area contributed by atoms with E-state index in [0.29, 0.717) is 11.5 Å². The highest BCUT2D eigenvalue weighted by molar-refractivity contribution is 5.94. The lowest BCUT2D eigenvalue weighted by Gasteiger charge is -2.33. The molecule has 0 bridgehead atoms. The van der Waals surface area contributed by atoms with Gasteiger partial charge in [-0.1, -0.05) is 6.07 Å². The van der Waals surface area contributed by atoms with E-state index < -0.39 is 0 Å². The van der Waals surface area contributed by atoms with E-state index >= 15 is 0 Å². The Morgan fingerprint density at radius 1 is 1.18 bits per heavy atom. The van der Waals surface area contributed by atoms with Crippen molar-refractivity contribution < 1.29 is 9.53 Å². The van der Waals surface area contributed by atoms with Crippen LogP contribution in [0.4, 0.5) is 5.95 Å². The molecule has 1 aliphatic carbocycles. The minimum atomic E-state index is 0.0327. The molecule has 7 nitrogen and oxygen atoms in total. The fourth-order valence-electron chi connectivity index (χ4n) is 4.74. The molecule has 7 heteroatoms. The first-order chi connectivity index (χ1) is 13.7. The molecule has 0 radical (unpaired) electrons. The zero-order valence-corrected chi connectivity index (χ0v) is 15.9. The van der Waals surface area contributed by atoms with E-state index in [0.717, 1.165) is 64.1 Å². The highest BCUT2D eigenvalue weighted by atomic mass is 16.5. The molecule has 1 atom stereocenters. The zero-order valence-electron chi connectivity index (χ0n) is 15.9. The lowest BCUT2D eigenvalue weighted by Crippen LogP contribution is -2.35. The van der Waals surface area contributed by atoms with Gasteiger partial charge in [-0.05, 0) is 49.1 Å². The minimum absolute atomic E-state index is 0.0327. The van der Waals surface area contributed by atoms with Crippen LogP contribution in [0.3, 0.4) is 0 Å². The number of pyridine rings is 1. The summed E-state index contributed by atoms with van der Waals surface area (Å²) in [4.78, 5) is 28.1. The van der Waals surface area contributed by atoms with Crippen LogP contribution in [0.5, 0.6) is 0 Å². The van der Waals surface area contributed by atoms with Crippen LogP contribution in [0.25, 0.3) is 0 Å². The van der Waals surface area contributed by atoms with Gasteiger partial charge in [-0.2, -0.15) is 0 Å². The summed E-state index contributed by atoms with van der Waals surface area (Å²) in [5.41, 5.74) is 3.16. The Morgan fingerprint density at radius 2 is 2.00 bits per heavy atom. The number of fused-ring (bicyclic) bond motifs is 1. The van der Waals surface area contributed by atoms with Gasteiger partial charge < -0.3 is 15.0 Å². The fraction of sp³-hybridized carbons (Fsp3) is 0.524.